The minimum Gasteiger partial charge on any atom is -0.469 e. The number of rotatable bonds is 4. The highest BCUT2D eigenvalue weighted by Crippen LogP contribution is 2.42. The fourth-order valence-corrected chi connectivity index (χ4v) is 2.88. The zero-order chi connectivity index (χ0) is 12.1. The Labute approximate surface area is 102 Å². The second kappa shape index (κ2) is 5.39. The Bertz CT molecular complexity index is 348. The molecule has 0 amide bonds. The molecular formula is C14H20O3. The first-order chi connectivity index (χ1) is 8.24. The Hall–Kier alpha value is -1.25. The molecule has 0 spiro atoms. The van der Waals surface area contributed by atoms with E-state index in [1.807, 2.05) is 12.1 Å². The number of carbonyl (C=O) groups is 1. The zero-order valence-corrected chi connectivity index (χ0v) is 10.4. The van der Waals surface area contributed by atoms with Crippen LogP contribution in [-0.4, -0.2) is 13.1 Å². The predicted molar refractivity (Wildman–Crippen MR) is 64.6 cm³/mol. The molecule has 1 aromatic rings. The number of esters is 1. The maximum Gasteiger partial charge on any atom is 0.306 e. The van der Waals surface area contributed by atoms with Gasteiger partial charge >= 0.3 is 5.97 Å². The molecule has 1 aromatic heterocycles. The zero-order valence-electron chi connectivity index (χ0n) is 10.4. The maximum absolute atomic E-state index is 11.6. The Balaban J connectivity index is 2.08. The number of ether oxygens (including phenoxy) is 1. The molecule has 0 N–H and O–H groups in total. The largest absolute Gasteiger partial charge is 0.469 e. The summed E-state index contributed by atoms with van der Waals surface area (Å²) in [4.78, 5) is 11.6. The summed E-state index contributed by atoms with van der Waals surface area (Å²) in [7, 11) is 1.46. The fraction of sp³-hybridized carbons (Fsp3) is 0.643. The van der Waals surface area contributed by atoms with Gasteiger partial charge in [0.25, 0.3) is 0 Å². The van der Waals surface area contributed by atoms with Crippen molar-refractivity contribution in [2.75, 3.05) is 7.11 Å². The first-order valence-corrected chi connectivity index (χ1v) is 6.33. The Morgan fingerprint density at radius 2 is 2.18 bits per heavy atom. The van der Waals surface area contributed by atoms with Crippen LogP contribution in [0.5, 0.6) is 0 Å². The molecule has 1 heterocycles. The van der Waals surface area contributed by atoms with Crippen LogP contribution < -0.4 is 0 Å². The van der Waals surface area contributed by atoms with Crippen LogP contribution in [0.3, 0.4) is 0 Å². The van der Waals surface area contributed by atoms with Crippen molar-refractivity contribution in [3.63, 3.8) is 0 Å². The van der Waals surface area contributed by atoms with E-state index >= 15 is 0 Å². The molecule has 0 unspecified atom stereocenters. The maximum atomic E-state index is 11.6. The second-order valence-electron chi connectivity index (χ2n) is 5.07. The van der Waals surface area contributed by atoms with Gasteiger partial charge in [-0.3, -0.25) is 4.79 Å². The second-order valence-corrected chi connectivity index (χ2v) is 5.07. The highest BCUT2D eigenvalue weighted by molar-refractivity contribution is 5.70. The molecule has 1 aliphatic carbocycles. The van der Waals surface area contributed by atoms with Crippen LogP contribution in [-0.2, 0) is 16.0 Å². The minimum atomic E-state index is -0.0987. The molecule has 1 fully saturated rings. The van der Waals surface area contributed by atoms with E-state index < -0.39 is 0 Å². The van der Waals surface area contributed by atoms with Crippen molar-refractivity contribution in [1.82, 2.24) is 0 Å². The van der Waals surface area contributed by atoms with Crippen LogP contribution in [0.15, 0.2) is 22.8 Å². The summed E-state index contributed by atoms with van der Waals surface area (Å²) in [6, 6.07) is 3.90. The van der Waals surface area contributed by atoms with Crippen molar-refractivity contribution in [2.45, 2.75) is 44.9 Å². The summed E-state index contributed by atoms with van der Waals surface area (Å²) in [5.41, 5.74) is 0.0587. The van der Waals surface area contributed by atoms with Gasteiger partial charge in [0.1, 0.15) is 5.76 Å². The molecule has 0 bridgehead atoms. The van der Waals surface area contributed by atoms with Crippen molar-refractivity contribution in [3.05, 3.63) is 24.2 Å². The number of methoxy groups -OCH3 is 1. The average molecular weight is 236 g/mol. The number of carbonyl (C=O) groups excluding carboxylic acids is 1. The molecule has 17 heavy (non-hydrogen) atoms. The molecule has 0 atom stereocenters. The number of hydrogen-bond acceptors (Lipinski definition) is 3. The van der Waals surface area contributed by atoms with E-state index in [4.69, 9.17) is 9.15 Å². The van der Waals surface area contributed by atoms with Gasteiger partial charge in [0.15, 0.2) is 0 Å². The third-order valence-corrected chi connectivity index (χ3v) is 3.79. The molecule has 0 aliphatic heterocycles. The van der Waals surface area contributed by atoms with Crippen LogP contribution in [0.1, 0.15) is 44.3 Å². The Morgan fingerprint density at radius 1 is 1.41 bits per heavy atom. The summed E-state index contributed by atoms with van der Waals surface area (Å²) in [5.74, 6) is 0.884. The van der Waals surface area contributed by atoms with Crippen molar-refractivity contribution in [2.24, 2.45) is 5.41 Å². The van der Waals surface area contributed by atoms with Crippen molar-refractivity contribution in [1.29, 1.82) is 0 Å². The molecule has 1 aliphatic rings. The molecule has 2 rings (SSSR count). The molecule has 1 saturated carbocycles. The van der Waals surface area contributed by atoms with E-state index in [9.17, 15) is 4.79 Å². The monoisotopic (exact) mass is 236 g/mol. The summed E-state index contributed by atoms with van der Waals surface area (Å²) in [6.45, 7) is 0. The van der Waals surface area contributed by atoms with E-state index in [0.717, 1.165) is 25.0 Å². The van der Waals surface area contributed by atoms with Gasteiger partial charge in [-0.15, -0.1) is 0 Å². The van der Waals surface area contributed by atoms with E-state index in [1.54, 1.807) is 6.26 Å². The normalized spacial score (nSPS) is 18.9. The lowest BCUT2D eigenvalue weighted by Gasteiger charge is -2.35. The van der Waals surface area contributed by atoms with E-state index in [-0.39, 0.29) is 11.4 Å². The van der Waals surface area contributed by atoms with Gasteiger partial charge in [0.2, 0.25) is 0 Å². The van der Waals surface area contributed by atoms with Gasteiger partial charge in [-0.25, -0.2) is 0 Å². The standard InChI is InChI=1S/C14H20O3/c1-16-13(15)11-14(7-3-2-4-8-14)10-12-6-5-9-17-12/h5-6,9H,2-4,7-8,10-11H2,1H3. The topological polar surface area (TPSA) is 39.4 Å². The lowest BCUT2D eigenvalue weighted by atomic mass is 9.69. The lowest BCUT2D eigenvalue weighted by molar-refractivity contribution is -0.144. The van der Waals surface area contributed by atoms with Crippen molar-refractivity contribution >= 4 is 5.97 Å². The van der Waals surface area contributed by atoms with Crippen LogP contribution in [0.2, 0.25) is 0 Å². The van der Waals surface area contributed by atoms with Gasteiger partial charge in [-0.05, 0) is 30.4 Å². The Kier molecular flexibility index (Phi) is 3.87. The Morgan fingerprint density at radius 3 is 2.76 bits per heavy atom. The van der Waals surface area contributed by atoms with Gasteiger partial charge in [0.05, 0.1) is 19.8 Å². The third kappa shape index (κ3) is 3.11. The third-order valence-electron chi connectivity index (χ3n) is 3.79. The molecular weight excluding hydrogens is 216 g/mol. The van der Waals surface area contributed by atoms with Gasteiger partial charge in [-0.2, -0.15) is 0 Å². The lowest BCUT2D eigenvalue weighted by Crippen LogP contribution is -2.30. The molecule has 3 nitrogen and oxygen atoms in total. The van der Waals surface area contributed by atoms with Gasteiger partial charge < -0.3 is 9.15 Å². The van der Waals surface area contributed by atoms with Gasteiger partial charge in [-0.1, -0.05) is 19.3 Å². The molecule has 0 radical (unpaired) electrons. The molecule has 3 heteroatoms. The summed E-state index contributed by atoms with van der Waals surface area (Å²) >= 11 is 0. The van der Waals surface area contributed by atoms with Crippen LogP contribution in [0, 0.1) is 5.41 Å². The molecule has 0 saturated heterocycles. The predicted octanol–water partition coefficient (Wildman–Crippen LogP) is 3.34. The van der Waals surface area contributed by atoms with E-state index in [2.05, 4.69) is 0 Å². The van der Waals surface area contributed by atoms with Crippen molar-refractivity contribution < 1.29 is 13.9 Å². The molecule has 0 aromatic carbocycles. The minimum absolute atomic E-state index is 0.0587. The first kappa shape index (κ1) is 12.2. The highest BCUT2D eigenvalue weighted by Gasteiger charge is 2.35. The van der Waals surface area contributed by atoms with Gasteiger partial charge in [0, 0.05) is 6.42 Å². The molecule has 94 valence electrons. The number of hydrogen-bond donors (Lipinski definition) is 0. The number of furan rings is 1. The van der Waals surface area contributed by atoms with Crippen LogP contribution >= 0.6 is 0 Å². The smallest absolute Gasteiger partial charge is 0.306 e. The van der Waals surface area contributed by atoms with Crippen molar-refractivity contribution in [3.8, 4) is 0 Å². The SMILES string of the molecule is COC(=O)CC1(Cc2ccco2)CCCCC1. The highest BCUT2D eigenvalue weighted by atomic mass is 16.5. The first-order valence-electron chi connectivity index (χ1n) is 6.33. The summed E-state index contributed by atoms with van der Waals surface area (Å²) in [6.07, 6.45) is 8.96. The van der Waals surface area contributed by atoms with E-state index in [0.29, 0.717) is 6.42 Å². The average Bonchev–Trinajstić information content (AvgIpc) is 2.82. The van der Waals surface area contributed by atoms with Crippen LogP contribution in [0.25, 0.3) is 0 Å². The summed E-state index contributed by atoms with van der Waals surface area (Å²) in [5, 5.41) is 0. The quantitative estimate of drug-likeness (QED) is 0.753. The van der Waals surface area contributed by atoms with E-state index in [1.165, 1.54) is 26.4 Å². The fourth-order valence-electron chi connectivity index (χ4n) is 2.88. The van der Waals surface area contributed by atoms with Crippen LogP contribution in [0.4, 0.5) is 0 Å². The summed E-state index contributed by atoms with van der Waals surface area (Å²) < 4.78 is 10.3.